The molecule has 0 amide bonds. The second-order valence-corrected chi connectivity index (χ2v) is 22.7. The van der Waals surface area contributed by atoms with Crippen LogP contribution in [-0.2, 0) is 18.3 Å². The lowest BCUT2D eigenvalue weighted by atomic mass is 9.81. The maximum Gasteiger partial charge on any atom is 0.301 e. The molecule has 6 aromatic heterocycles. The Morgan fingerprint density at radius 3 is 1.48 bits per heavy atom. The van der Waals surface area contributed by atoms with Gasteiger partial charge in [-0.05, 0) is 43.1 Å². The van der Waals surface area contributed by atoms with Crippen LogP contribution in [0.4, 0.5) is 21.6 Å². The molecule has 0 aliphatic heterocycles. The van der Waals surface area contributed by atoms with Gasteiger partial charge in [0.1, 0.15) is 0 Å². The van der Waals surface area contributed by atoms with Gasteiger partial charge in [0.05, 0.1) is 34.2 Å². The van der Waals surface area contributed by atoms with Gasteiger partial charge in [0.15, 0.2) is 11.4 Å². The molecular formula is C53H48N12O2S4. The van der Waals surface area contributed by atoms with Crippen molar-refractivity contribution in [2.45, 2.75) is 66.7 Å². The Labute approximate surface area is 425 Å². The predicted molar refractivity (Wildman–Crippen MR) is 288 cm³/mol. The van der Waals surface area contributed by atoms with Gasteiger partial charge in [-0.2, -0.15) is 9.36 Å². The molecule has 356 valence electrons. The molecule has 2 N–H and O–H groups in total. The first-order valence-corrected chi connectivity index (χ1v) is 26.2. The average molecular weight is 1010 g/mol. The van der Waals surface area contributed by atoms with Gasteiger partial charge in [0.25, 0.3) is 0 Å². The highest BCUT2D eigenvalue weighted by Crippen LogP contribution is 2.38. The largest absolute Gasteiger partial charge is 0.301 e. The van der Waals surface area contributed by atoms with Gasteiger partial charge in [0.2, 0.25) is 20.5 Å². The molecule has 0 aliphatic rings. The van der Waals surface area contributed by atoms with Crippen LogP contribution in [0.5, 0.6) is 0 Å². The van der Waals surface area contributed by atoms with Gasteiger partial charge >= 0.3 is 11.1 Å². The van der Waals surface area contributed by atoms with Crippen LogP contribution in [-0.4, -0.2) is 39.5 Å². The summed E-state index contributed by atoms with van der Waals surface area (Å²) in [6, 6.07) is 37.5. The summed E-state index contributed by atoms with van der Waals surface area (Å²) < 4.78 is 2.87. The van der Waals surface area contributed by atoms with Crippen molar-refractivity contribution in [1.29, 1.82) is 0 Å². The Kier molecular flexibility index (Phi) is 12.9. The zero-order chi connectivity index (χ0) is 49.4. The van der Waals surface area contributed by atoms with Gasteiger partial charge in [-0.25, -0.2) is 19.9 Å². The normalized spacial score (nSPS) is 12.3. The average Bonchev–Trinajstić information content (AvgIpc) is 4.24. The van der Waals surface area contributed by atoms with Crippen LogP contribution in [0.25, 0.3) is 55.3 Å². The molecule has 0 aliphatic carbocycles. The standard InChI is InChI=1S/C53H48N12O2S4/c1-31-45(52(3,4)5)71-48(54-31)60-58-43-41(36-19-13-9-14-20-36)62-65(46(43)66)51-57-40(30-69-51)35-25-23-33(24-26-35)27-53(6,7)28-38-32(2)70-49(55-38)61-59-44-42(37-21-15-10-16-22-37)63-64(47(44)67)50-56-39(29-68-50)34-17-11-8-12-18-34/h8-26,29-30,62-63H,27-28H2,1-7H3. The van der Waals surface area contributed by atoms with E-state index in [1.165, 1.54) is 60.3 Å². The molecule has 10 rings (SSSR count). The number of rotatable bonds is 14. The molecule has 4 aromatic carbocycles. The molecule has 0 atom stereocenters. The van der Waals surface area contributed by atoms with Crippen LogP contribution in [0.2, 0.25) is 0 Å². The van der Waals surface area contributed by atoms with E-state index < -0.39 is 0 Å². The van der Waals surface area contributed by atoms with Gasteiger partial charge in [-0.1, -0.05) is 173 Å². The lowest BCUT2D eigenvalue weighted by Gasteiger charge is -2.24. The van der Waals surface area contributed by atoms with Crippen molar-refractivity contribution in [1.82, 2.24) is 39.5 Å². The molecule has 0 bridgehead atoms. The molecule has 10 aromatic rings. The molecule has 0 saturated carbocycles. The molecule has 0 spiro atoms. The van der Waals surface area contributed by atoms with E-state index in [4.69, 9.17) is 15.0 Å². The molecule has 18 heteroatoms. The van der Waals surface area contributed by atoms with Gasteiger partial charge in [-0.15, -0.1) is 43.1 Å². The number of benzene rings is 4. The van der Waals surface area contributed by atoms with Crippen molar-refractivity contribution >= 4 is 67.0 Å². The second kappa shape index (κ2) is 19.4. The summed E-state index contributed by atoms with van der Waals surface area (Å²) in [6.07, 6.45) is 1.51. The van der Waals surface area contributed by atoms with E-state index in [0.717, 1.165) is 61.2 Å². The van der Waals surface area contributed by atoms with Crippen molar-refractivity contribution in [3.63, 3.8) is 0 Å². The van der Waals surface area contributed by atoms with E-state index in [-0.39, 0.29) is 33.3 Å². The predicted octanol–water partition coefficient (Wildman–Crippen LogP) is 14.7. The lowest BCUT2D eigenvalue weighted by molar-refractivity contribution is 0.357. The van der Waals surface area contributed by atoms with Crippen molar-refractivity contribution in [2.75, 3.05) is 0 Å². The summed E-state index contributed by atoms with van der Waals surface area (Å²) in [7, 11) is 0. The number of H-pyrrole nitrogens is 2. The summed E-state index contributed by atoms with van der Waals surface area (Å²) in [6.45, 7) is 14.9. The van der Waals surface area contributed by atoms with E-state index >= 15 is 0 Å². The fourth-order valence-corrected chi connectivity index (χ4v) is 11.6. The topological polar surface area (TPSA) is 177 Å². The van der Waals surface area contributed by atoms with Crippen LogP contribution in [0.3, 0.4) is 0 Å². The summed E-state index contributed by atoms with van der Waals surface area (Å²) >= 11 is 5.68. The number of azo groups is 2. The Morgan fingerprint density at radius 2 is 1.00 bits per heavy atom. The molecule has 0 saturated heterocycles. The van der Waals surface area contributed by atoms with Gasteiger partial charge in [-0.3, -0.25) is 19.8 Å². The number of hydrogen-bond acceptors (Lipinski definition) is 14. The highest BCUT2D eigenvalue weighted by Gasteiger charge is 2.26. The third-order valence-electron chi connectivity index (χ3n) is 11.7. The van der Waals surface area contributed by atoms with Crippen LogP contribution in [0.1, 0.15) is 61.3 Å². The zero-order valence-corrected chi connectivity index (χ0v) is 43.2. The Balaban J connectivity index is 0.841. The number of hydrogen-bond donors (Lipinski definition) is 2. The first-order chi connectivity index (χ1) is 34.2. The van der Waals surface area contributed by atoms with E-state index in [0.29, 0.717) is 38.3 Å². The summed E-state index contributed by atoms with van der Waals surface area (Å²) in [5.74, 6) is 0. The van der Waals surface area contributed by atoms with E-state index in [9.17, 15) is 9.59 Å². The third kappa shape index (κ3) is 10.1. The van der Waals surface area contributed by atoms with Crippen LogP contribution >= 0.6 is 45.3 Å². The monoisotopic (exact) mass is 1010 g/mol. The minimum atomic E-state index is -0.353. The van der Waals surface area contributed by atoms with Crippen molar-refractivity contribution < 1.29 is 0 Å². The van der Waals surface area contributed by atoms with Gasteiger partial charge in [0, 0.05) is 42.8 Å². The van der Waals surface area contributed by atoms with Crippen molar-refractivity contribution in [3.05, 3.63) is 173 Å². The number of aromatic nitrogens is 8. The first-order valence-electron chi connectivity index (χ1n) is 22.8. The first kappa shape index (κ1) is 47.3. The number of nitrogens with zero attached hydrogens (tertiary/aromatic N) is 10. The highest BCUT2D eigenvalue weighted by molar-refractivity contribution is 7.15. The van der Waals surface area contributed by atoms with E-state index in [2.05, 4.69) is 94.5 Å². The van der Waals surface area contributed by atoms with Crippen LogP contribution < -0.4 is 11.1 Å². The maximum absolute atomic E-state index is 14.0. The Morgan fingerprint density at radius 1 is 0.535 bits per heavy atom. The molecule has 71 heavy (non-hydrogen) atoms. The number of thiazole rings is 4. The Bertz CT molecular complexity index is 3680. The van der Waals surface area contributed by atoms with Crippen molar-refractivity contribution in [3.8, 4) is 55.3 Å². The number of nitrogens with one attached hydrogen (secondary N) is 2. The number of aryl methyl sites for hydroxylation is 2. The van der Waals surface area contributed by atoms with Crippen LogP contribution in [0.15, 0.2) is 156 Å². The summed E-state index contributed by atoms with van der Waals surface area (Å²) in [5.41, 5.74) is 8.59. The minimum Gasteiger partial charge on any atom is -0.286 e. The summed E-state index contributed by atoms with van der Waals surface area (Å²) in [4.78, 5) is 49.4. The van der Waals surface area contributed by atoms with E-state index in [1.54, 1.807) is 0 Å². The zero-order valence-electron chi connectivity index (χ0n) is 40.0. The Hall–Kier alpha value is -7.38. The fraction of sp³-hybridized carbons (Fsp3) is 0.208. The molecule has 0 radical (unpaired) electrons. The SMILES string of the molecule is Cc1nc(N=Nc2c(-c3ccccc3)[nH]n(-c3nc(-c4ccc(CC(C)(C)Cc5nc(N=Nc6c(-c7ccccc7)[nH]n(-c7nc(-c8ccccc8)cs7)c6=O)sc5C)cc4)cs3)c2=O)sc1C(C)(C)C. The smallest absolute Gasteiger partial charge is 0.286 e. The molecular weight excluding hydrogens is 965 g/mol. The van der Waals surface area contributed by atoms with Gasteiger partial charge < -0.3 is 0 Å². The second-order valence-electron chi connectivity index (χ2n) is 18.9. The lowest BCUT2D eigenvalue weighted by Crippen LogP contribution is -2.19. The maximum atomic E-state index is 14.0. The number of aromatic amines is 2. The minimum absolute atomic E-state index is 0.0814. The third-order valence-corrected chi connectivity index (χ3v) is 15.7. The van der Waals surface area contributed by atoms with Crippen LogP contribution in [0, 0.1) is 19.3 Å². The molecule has 14 nitrogen and oxygen atoms in total. The molecule has 0 unspecified atom stereocenters. The molecule has 6 heterocycles. The quantitative estimate of drug-likeness (QED) is 0.102. The highest BCUT2D eigenvalue weighted by atomic mass is 32.1. The molecule has 0 fully saturated rings. The summed E-state index contributed by atoms with van der Waals surface area (Å²) in [5, 5.41) is 30.4. The fourth-order valence-electron chi connectivity index (χ4n) is 8.32. The van der Waals surface area contributed by atoms with Crippen molar-refractivity contribution in [2.24, 2.45) is 25.9 Å². The van der Waals surface area contributed by atoms with E-state index in [1.807, 2.05) is 116 Å².